The highest BCUT2D eigenvalue weighted by atomic mass is 19.4. The van der Waals surface area contributed by atoms with Gasteiger partial charge in [0.25, 0.3) is 0 Å². The summed E-state index contributed by atoms with van der Waals surface area (Å²) in [4.78, 5) is 5.17. The third-order valence-electron chi connectivity index (χ3n) is 2.31. The molecule has 0 spiro atoms. The average molecular weight is 248 g/mol. The van der Waals surface area contributed by atoms with E-state index in [1.807, 2.05) is 0 Å². The second-order valence-electron chi connectivity index (χ2n) is 3.82. The van der Waals surface area contributed by atoms with Gasteiger partial charge in [0.15, 0.2) is 0 Å². The van der Waals surface area contributed by atoms with Crippen LogP contribution >= 0.6 is 0 Å². The van der Waals surface area contributed by atoms with Gasteiger partial charge in [0.2, 0.25) is 0 Å². The number of halogens is 3. The number of nitrogens with zero attached hydrogens (tertiary/aromatic N) is 2. The van der Waals surface area contributed by atoms with Crippen LogP contribution in [0.2, 0.25) is 0 Å². The lowest BCUT2D eigenvalue weighted by Gasteiger charge is -2.22. The SMILES string of the molecule is Cc1cccnc1CN(CCO)CC(F)(F)F. The van der Waals surface area contributed by atoms with Crippen LogP contribution < -0.4 is 0 Å². The van der Waals surface area contributed by atoms with E-state index in [0.717, 1.165) is 10.5 Å². The van der Waals surface area contributed by atoms with E-state index < -0.39 is 12.7 Å². The van der Waals surface area contributed by atoms with Crippen LogP contribution in [0.5, 0.6) is 0 Å². The molecule has 0 atom stereocenters. The van der Waals surface area contributed by atoms with Crippen LogP contribution in [0, 0.1) is 6.92 Å². The van der Waals surface area contributed by atoms with Gasteiger partial charge in [0, 0.05) is 19.3 Å². The largest absolute Gasteiger partial charge is 0.401 e. The Hall–Kier alpha value is -1.14. The minimum Gasteiger partial charge on any atom is -0.395 e. The molecule has 3 nitrogen and oxygen atoms in total. The molecule has 1 aromatic rings. The molecule has 1 aromatic heterocycles. The number of aliphatic hydroxyl groups excluding tert-OH is 1. The Balaban J connectivity index is 2.70. The Kier molecular flexibility index (Phi) is 4.89. The standard InChI is InChI=1S/C11H15F3N2O/c1-9-3-2-4-15-10(9)7-16(5-6-17)8-11(12,13)14/h2-4,17H,5-8H2,1H3. The molecule has 0 fully saturated rings. The van der Waals surface area contributed by atoms with Crippen molar-refractivity contribution < 1.29 is 18.3 Å². The molecule has 0 aliphatic rings. The van der Waals surface area contributed by atoms with E-state index in [0.29, 0.717) is 5.69 Å². The zero-order valence-corrected chi connectivity index (χ0v) is 9.54. The number of pyridine rings is 1. The quantitative estimate of drug-likeness (QED) is 0.862. The third-order valence-corrected chi connectivity index (χ3v) is 2.31. The van der Waals surface area contributed by atoms with Gasteiger partial charge in [-0.05, 0) is 18.6 Å². The maximum Gasteiger partial charge on any atom is 0.401 e. The highest BCUT2D eigenvalue weighted by Crippen LogP contribution is 2.18. The van der Waals surface area contributed by atoms with Crippen LogP contribution in [-0.2, 0) is 6.54 Å². The van der Waals surface area contributed by atoms with Gasteiger partial charge in [0.05, 0.1) is 18.8 Å². The van der Waals surface area contributed by atoms with Crippen LogP contribution in [-0.4, -0.2) is 40.9 Å². The molecular formula is C11H15F3N2O. The molecule has 0 radical (unpaired) electrons. The molecule has 0 aliphatic heterocycles. The normalized spacial score (nSPS) is 12.1. The average Bonchev–Trinajstić information content (AvgIpc) is 2.19. The lowest BCUT2D eigenvalue weighted by Crippen LogP contribution is -2.36. The summed E-state index contributed by atoms with van der Waals surface area (Å²) in [5, 5.41) is 8.75. The second kappa shape index (κ2) is 5.97. The minimum absolute atomic E-state index is 0.0183. The van der Waals surface area contributed by atoms with Crippen LogP contribution in [0.15, 0.2) is 18.3 Å². The van der Waals surface area contributed by atoms with E-state index in [4.69, 9.17) is 5.11 Å². The van der Waals surface area contributed by atoms with Gasteiger partial charge in [-0.3, -0.25) is 9.88 Å². The lowest BCUT2D eigenvalue weighted by molar-refractivity contribution is -0.148. The van der Waals surface area contributed by atoms with Gasteiger partial charge < -0.3 is 5.11 Å². The second-order valence-corrected chi connectivity index (χ2v) is 3.82. The molecule has 0 bridgehead atoms. The van der Waals surface area contributed by atoms with E-state index in [2.05, 4.69) is 4.98 Å². The van der Waals surface area contributed by atoms with Crippen molar-refractivity contribution in [2.45, 2.75) is 19.6 Å². The van der Waals surface area contributed by atoms with Crippen molar-refractivity contribution in [3.63, 3.8) is 0 Å². The van der Waals surface area contributed by atoms with Crippen molar-refractivity contribution in [2.75, 3.05) is 19.7 Å². The van der Waals surface area contributed by atoms with Crippen molar-refractivity contribution in [3.05, 3.63) is 29.6 Å². The number of rotatable bonds is 5. The van der Waals surface area contributed by atoms with Crippen LogP contribution in [0.1, 0.15) is 11.3 Å². The first-order valence-corrected chi connectivity index (χ1v) is 5.23. The molecule has 0 saturated heterocycles. The number of aromatic nitrogens is 1. The summed E-state index contributed by atoms with van der Waals surface area (Å²) in [6.07, 6.45) is -2.72. The Labute approximate surface area is 97.9 Å². The van der Waals surface area contributed by atoms with Gasteiger partial charge in [-0.1, -0.05) is 6.07 Å². The Morgan fingerprint density at radius 1 is 1.41 bits per heavy atom. The van der Waals surface area contributed by atoms with Gasteiger partial charge in [-0.25, -0.2) is 0 Å². The minimum atomic E-state index is -4.27. The predicted octanol–water partition coefficient (Wildman–Crippen LogP) is 1.75. The molecule has 0 saturated carbocycles. The Bertz CT molecular complexity index is 355. The third kappa shape index (κ3) is 5.14. The van der Waals surface area contributed by atoms with Crippen molar-refractivity contribution in [1.29, 1.82) is 0 Å². The number of aliphatic hydroxyl groups is 1. The molecule has 0 amide bonds. The van der Waals surface area contributed by atoms with Gasteiger partial charge in [0.1, 0.15) is 0 Å². The van der Waals surface area contributed by atoms with E-state index >= 15 is 0 Å². The van der Waals surface area contributed by atoms with E-state index in [9.17, 15) is 13.2 Å². The Morgan fingerprint density at radius 2 is 2.12 bits per heavy atom. The zero-order chi connectivity index (χ0) is 12.9. The fraction of sp³-hybridized carbons (Fsp3) is 0.545. The number of aryl methyl sites for hydroxylation is 1. The summed E-state index contributed by atoms with van der Waals surface area (Å²) < 4.78 is 36.9. The monoisotopic (exact) mass is 248 g/mol. The van der Waals surface area contributed by atoms with Crippen molar-refractivity contribution >= 4 is 0 Å². The van der Waals surface area contributed by atoms with Gasteiger partial charge in [-0.15, -0.1) is 0 Å². The molecule has 1 heterocycles. The molecule has 96 valence electrons. The summed E-state index contributed by atoms with van der Waals surface area (Å²) in [5.74, 6) is 0. The van der Waals surface area contributed by atoms with E-state index in [-0.39, 0.29) is 19.7 Å². The Morgan fingerprint density at radius 3 is 2.65 bits per heavy atom. The molecule has 17 heavy (non-hydrogen) atoms. The summed E-state index contributed by atoms with van der Waals surface area (Å²) >= 11 is 0. The summed E-state index contributed by atoms with van der Waals surface area (Å²) in [6, 6.07) is 3.53. The first-order valence-electron chi connectivity index (χ1n) is 5.23. The van der Waals surface area contributed by atoms with Crippen molar-refractivity contribution in [2.24, 2.45) is 0 Å². The van der Waals surface area contributed by atoms with Crippen molar-refractivity contribution in [3.8, 4) is 0 Å². The molecule has 1 N–H and O–H groups in total. The highest BCUT2D eigenvalue weighted by Gasteiger charge is 2.30. The molecule has 0 aromatic carbocycles. The molecule has 1 rings (SSSR count). The van der Waals surface area contributed by atoms with E-state index in [1.54, 1.807) is 25.3 Å². The zero-order valence-electron chi connectivity index (χ0n) is 9.54. The maximum absolute atomic E-state index is 12.3. The van der Waals surface area contributed by atoms with Gasteiger partial charge >= 0.3 is 6.18 Å². The summed E-state index contributed by atoms with van der Waals surface area (Å²) in [6.45, 7) is 0.529. The lowest BCUT2D eigenvalue weighted by atomic mass is 10.2. The maximum atomic E-state index is 12.3. The highest BCUT2D eigenvalue weighted by molar-refractivity contribution is 5.17. The number of hydrogen-bond donors (Lipinski definition) is 1. The topological polar surface area (TPSA) is 36.4 Å². The molecule has 0 unspecified atom stereocenters. The predicted molar refractivity (Wildman–Crippen MR) is 57.4 cm³/mol. The fourth-order valence-corrected chi connectivity index (χ4v) is 1.50. The summed E-state index contributed by atoms with van der Waals surface area (Å²) in [7, 11) is 0. The van der Waals surface area contributed by atoms with Crippen LogP contribution in [0.25, 0.3) is 0 Å². The molecule has 6 heteroatoms. The number of hydrogen-bond acceptors (Lipinski definition) is 3. The smallest absolute Gasteiger partial charge is 0.395 e. The van der Waals surface area contributed by atoms with Crippen LogP contribution in [0.3, 0.4) is 0 Å². The first kappa shape index (κ1) is 13.9. The van der Waals surface area contributed by atoms with Crippen molar-refractivity contribution in [1.82, 2.24) is 9.88 Å². The number of alkyl halides is 3. The summed E-state index contributed by atoms with van der Waals surface area (Å²) in [5.41, 5.74) is 1.45. The fourth-order valence-electron chi connectivity index (χ4n) is 1.50. The van der Waals surface area contributed by atoms with Crippen LogP contribution in [0.4, 0.5) is 13.2 Å². The molecule has 0 aliphatic carbocycles. The van der Waals surface area contributed by atoms with Gasteiger partial charge in [-0.2, -0.15) is 13.2 Å². The molecular weight excluding hydrogens is 233 g/mol. The first-order chi connectivity index (χ1) is 7.92. The van der Waals surface area contributed by atoms with E-state index in [1.165, 1.54) is 0 Å².